The standard InChI is InChI=1S/C15H11Cl2IN2S/c1-8(11-4-2-9(16)6-12(11)17)20-14-5-3-10(18)7-13(14)19-15(20)21/h2-8H,1H3,(H,19,21). The van der Waals surface area contributed by atoms with E-state index < -0.39 is 0 Å². The predicted molar refractivity (Wildman–Crippen MR) is 100 cm³/mol. The number of aromatic nitrogens is 2. The molecule has 2 nitrogen and oxygen atoms in total. The van der Waals surface area contributed by atoms with Gasteiger partial charge in [0.2, 0.25) is 0 Å². The van der Waals surface area contributed by atoms with Gasteiger partial charge in [-0.05, 0) is 77.6 Å². The van der Waals surface area contributed by atoms with E-state index in [2.05, 4.69) is 57.3 Å². The van der Waals surface area contributed by atoms with Gasteiger partial charge >= 0.3 is 0 Å². The van der Waals surface area contributed by atoms with Gasteiger partial charge in [0.25, 0.3) is 0 Å². The number of H-pyrrole nitrogens is 1. The van der Waals surface area contributed by atoms with Crippen molar-refractivity contribution in [3.63, 3.8) is 0 Å². The van der Waals surface area contributed by atoms with Crippen LogP contribution in [0, 0.1) is 8.34 Å². The van der Waals surface area contributed by atoms with Crippen molar-refractivity contribution in [2.75, 3.05) is 0 Å². The third-order valence-electron chi connectivity index (χ3n) is 3.48. The number of hydrogen-bond acceptors (Lipinski definition) is 1. The Bertz CT molecular complexity index is 885. The molecule has 1 N–H and O–H groups in total. The van der Waals surface area contributed by atoms with E-state index in [0.29, 0.717) is 14.8 Å². The van der Waals surface area contributed by atoms with Gasteiger partial charge in [-0.25, -0.2) is 0 Å². The van der Waals surface area contributed by atoms with E-state index in [1.807, 2.05) is 12.1 Å². The average molecular weight is 449 g/mol. The van der Waals surface area contributed by atoms with Gasteiger partial charge in [-0.15, -0.1) is 0 Å². The fourth-order valence-corrected chi connectivity index (χ4v) is 3.89. The van der Waals surface area contributed by atoms with Crippen LogP contribution in [0.1, 0.15) is 18.5 Å². The van der Waals surface area contributed by atoms with E-state index in [1.165, 1.54) is 3.57 Å². The SMILES string of the molecule is CC(c1ccc(Cl)cc1Cl)n1c(=S)[nH]c2cc(I)ccc21. The van der Waals surface area contributed by atoms with Crippen molar-refractivity contribution in [2.45, 2.75) is 13.0 Å². The molecule has 0 aliphatic rings. The minimum absolute atomic E-state index is 0.0241. The first-order chi connectivity index (χ1) is 9.97. The second kappa shape index (κ2) is 5.91. The number of hydrogen-bond donors (Lipinski definition) is 1. The summed E-state index contributed by atoms with van der Waals surface area (Å²) in [5.41, 5.74) is 3.10. The van der Waals surface area contributed by atoms with Crippen LogP contribution in [0.4, 0.5) is 0 Å². The van der Waals surface area contributed by atoms with Gasteiger partial charge in [0.15, 0.2) is 4.77 Å². The van der Waals surface area contributed by atoms with Crippen molar-refractivity contribution in [1.82, 2.24) is 9.55 Å². The van der Waals surface area contributed by atoms with Crippen LogP contribution >= 0.6 is 58.0 Å². The first-order valence-electron chi connectivity index (χ1n) is 6.32. The number of imidazole rings is 1. The maximum absolute atomic E-state index is 6.33. The Kier molecular flexibility index (Phi) is 4.32. The summed E-state index contributed by atoms with van der Waals surface area (Å²) in [5.74, 6) is 0. The topological polar surface area (TPSA) is 20.7 Å². The van der Waals surface area contributed by atoms with Crippen LogP contribution in [-0.4, -0.2) is 9.55 Å². The van der Waals surface area contributed by atoms with E-state index in [9.17, 15) is 0 Å². The molecule has 1 unspecified atom stereocenters. The van der Waals surface area contributed by atoms with Gasteiger partial charge in [0, 0.05) is 13.6 Å². The number of rotatable bonds is 2. The summed E-state index contributed by atoms with van der Waals surface area (Å²) in [5, 5.41) is 1.28. The molecule has 0 saturated heterocycles. The normalized spacial score (nSPS) is 12.8. The van der Waals surface area contributed by atoms with Crippen molar-refractivity contribution in [3.05, 3.63) is 60.3 Å². The summed E-state index contributed by atoms with van der Waals surface area (Å²) in [7, 11) is 0. The highest BCUT2D eigenvalue weighted by molar-refractivity contribution is 14.1. The quantitative estimate of drug-likeness (QED) is 0.364. The molecule has 0 amide bonds. The van der Waals surface area contributed by atoms with Gasteiger partial charge in [-0.1, -0.05) is 29.3 Å². The van der Waals surface area contributed by atoms with Crippen LogP contribution in [0.3, 0.4) is 0 Å². The minimum Gasteiger partial charge on any atom is -0.331 e. The molecule has 0 fully saturated rings. The molecule has 0 aliphatic heterocycles. The van der Waals surface area contributed by atoms with Crippen LogP contribution in [0.25, 0.3) is 11.0 Å². The Morgan fingerprint density at radius 2 is 1.95 bits per heavy atom. The van der Waals surface area contributed by atoms with Crippen LogP contribution in [0.15, 0.2) is 36.4 Å². The number of fused-ring (bicyclic) bond motifs is 1. The van der Waals surface area contributed by atoms with E-state index in [1.54, 1.807) is 6.07 Å². The molecule has 1 aromatic heterocycles. The van der Waals surface area contributed by atoms with Crippen LogP contribution in [-0.2, 0) is 0 Å². The largest absolute Gasteiger partial charge is 0.331 e. The Labute approximate surface area is 151 Å². The molecule has 0 saturated carbocycles. The first-order valence-corrected chi connectivity index (χ1v) is 8.56. The fourth-order valence-electron chi connectivity index (χ4n) is 2.47. The highest BCUT2D eigenvalue weighted by Gasteiger charge is 2.16. The Balaban J connectivity index is 2.19. The molecule has 0 bridgehead atoms. The first kappa shape index (κ1) is 15.3. The van der Waals surface area contributed by atoms with Gasteiger partial charge in [-0.3, -0.25) is 0 Å². The molecule has 1 atom stereocenters. The second-order valence-corrected chi connectivity index (χ2v) is 7.28. The lowest BCUT2D eigenvalue weighted by Gasteiger charge is -2.17. The van der Waals surface area contributed by atoms with Crippen LogP contribution in [0.2, 0.25) is 10.0 Å². The van der Waals surface area contributed by atoms with Crippen molar-refractivity contribution in [3.8, 4) is 0 Å². The van der Waals surface area contributed by atoms with E-state index in [0.717, 1.165) is 16.6 Å². The molecule has 3 aromatic rings. The Morgan fingerprint density at radius 1 is 1.19 bits per heavy atom. The zero-order valence-electron chi connectivity index (χ0n) is 11.0. The van der Waals surface area contributed by atoms with Gasteiger partial charge in [0.05, 0.1) is 17.1 Å². The smallest absolute Gasteiger partial charge is 0.178 e. The van der Waals surface area contributed by atoms with Crippen molar-refractivity contribution < 1.29 is 0 Å². The van der Waals surface area contributed by atoms with E-state index in [4.69, 9.17) is 35.4 Å². The predicted octanol–water partition coefficient (Wildman–Crippen LogP) is 6.22. The number of halogens is 3. The summed E-state index contributed by atoms with van der Waals surface area (Å²) in [6.45, 7) is 2.08. The molecule has 0 aliphatic carbocycles. The number of benzene rings is 2. The molecule has 6 heteroatoms. The summed E-state index contributed by atoms with van der Waals surface area (Å²) in [6.07, 6.45) is 0. The minimum atomic E-state index is 0.0241. The molecular weight excluding hydrogens is 438 g/mol. The number of nitrogens with one attached hydrogen (secondary N) is 1. The molecule has 0 spiro atoms. The lowest BCUT2D eigenvalue weighted by Crippen LogP contribution is -2.07. The summed E-state index contributed by atoms with van der Waals surface area (Å²) in [6, 6.07) is 11.8. The van der Waals surface area contributed by atoms with E-state index in [-0.39, 0.29) is 6.04 Å². The Morgan fingerprint density at radius 3 is 2.67 bits per heavy atom. The molecule has 1 heterocycles. The highest BCUT2D eigenvalue weighted by atomic mass is 127. The van der Waals surface area contributed by atoms with Crippen LogP contribution in [0.5, 0.6) is 0 Å². The second-order valence-electron chi connectivity index (χ2n) is 4.80. The lowest BCUT2D eigenvalue weighted by molar-refractivity contribution is 0.649. The molecule has 0 radical (unpaired) electrons. The summed E-state index contributed by atoms with van der Waals surface area (Å²) in [4.78, 5) is 3.25. The van der Waals surface area contributed by atoms with E-state index >= 15 is 0 Å². The third kappa shape index (κ3) is 2.86. The maximum atomic E-state index is 6.33. The lowest BCUT2D eigenvalue weighted by atomic mass is 10.1. The monoisotopic (exact) mass is 448 g/mol. The summed E-state index contributed by atoms with van der Waals surface area (Å²) >= 11 is 20.1. The summed E-state index contributed by atoms with van der Waals surface area (Å²) < 4.78 is 3.93. The van der Waals surface area contributed by atoms with Crippen molar-refractivity contribution in [1.29, 1.82) is 0 Å². The number of nitrogens with zero attached hydrogens (tertiary/aromatic N) is 1. The van der Waals surface area contributed by atoms with Crippen LogP contribution < -0.4 is 0 Å². The molecular formula is C15H11Cl2IN2S. The molecule has 3 rings (SSSR count). The molecule has 21 heavy (non-hydrogen) atoms. The number of aromatic amines is 1. The van der Waals surface area contributed by atoms with Crippen molar-refractivity contribution >= 4 is 69.0 Å². The van der Waals surface area contributed by atoms with Gasteiger partial charge < -0.3 is 9.55 Å². The average Bonchev–Trinajstić information content (AvgIpc) is 2.73. The molecule has 108 valence electrons. The van der Waals surface area contributed by atoms with Gasteiger partial charge in [-0.2, -0.15) is 0 Å². The maximum Gasteiger partial charge on any atom is 0.178 e. The highest BCUT2D eigenvalue weighted by Crippen LogP contribution is 2.31. The molecule has 2 aromatic carbocycles. The Hall–Kier alpha value is -0.560. The van der Waals surface area contributed by atoms with Crippen molar-refractivity contribution in [2.24, 2.45) is 0 Å². The zero-order valence-corrected chi connectivity index (χ0v) is 15.5. The third-order valence-corrected chi connectivity index (χ3v) is 5.01. The van der Waals surface area contributed by atoms with Gasteiger partial charge in [0.1, 0.15) is 0 Å². The zero-order chi connectivity index (χ0) is 15.1. The fraction of sp³-hybridized carbons (Fsp3) is 0.133.